The molecule has 1 atom stereocenters. The molecule has 0 amide bonds. The van der Waals surface area contributed by atoms with E-state index in [0.717, 1.165) is 5.56 Å². The first-order valence-electron chi connectivity index (χ1n) is 5.33. The molecule has 3 nitrogen and oxygen atoms in total. The van der Waals surface area contributed by atoms with Gasteiger partial charge in [0.1, 0.15) is 0 Å². The van der Waals surface area contributed by atoms with Gasteiger partial charge in [-0.25, -0.2) is 0 Å². The van der Waals surface area contributed by atoms with Crippen molar-refractivity contribution in [3.63, 3.8) is 0 Å². The van der Waals surface area contributed by atoms with Gasteiger partial charge in [0, 0.05) is 5.69 Å². The predicted octanol–water partition coefficient (Wildman–Crippen LogP) is 2.79. The lowest BCUT2D eigenvalue weighted by atomic mass is 9.75. The molecule has 0 bridgehead atoms. The SMILES string of the molecule is Cc1cccc(C(C(=O)O)C(C)(C)C)c1N. The summed E-state index contributed by atoms with van der Waals surface area (Å²) in [6.07, 6.45) is 0. The molecule has 1 aromatic carbocycles. The Labute approximate surface area is 96.3 Å². The summed E-state index contributed by atoms with van der Waals surface area (Å²) in [5, 5.41) is 9.32. The van der Waals surface area contributed by atoms with Crippen LogP contribution in [-0.2, 0) is 4.79 Å². The maximum Gasteiger partial charge on any atom is 0.311 e. The van der Waals surface area contributed by atoms with Crippen LogP contribution in [0.3, 0.4) is 0 Å². The van der Waals surface area contributed by atoms with E-state index in [9.17, 15) is 9.90 Å². The lowest BCUT2D eigenvalue weighted by Crippen LogP contribution is -2.27. The summed E-state index contributed by atoms with van der Waals surface area (Å²) in [5.74, 6) is -1.41. The highest BCUT2D eigenvalue weighted by Gasteiger charge is 2.34. The maximum absolute atomic E-state index is 11.4. The fourth-order valence-electron chi connectivity index (χ4n) is 1.93. The van der Waals surface area contributed by atoms with Crippen LogP contribution in [0.2, 0.25) is 0 Å². The highest BCUT2D eigenvalue weighted by Crippen LogP contribution is 2.38. The number of benzene rings is 1. The molecular weight excluding hydrogens is 202 g/mol. The Morgan fingerprint density at radius 2 is 1.94 bits per heavy atom. The molecule has 0 saturated heterocycles. The third-order valence-electron chi connectivity index (χ3n) is 2.78. The van der Waals surface area contributed by atoms with E-state index in [-0.39, 0.29) is 5.41 Å². The van der Waals surface area contributed by atoms with Gasteiger partial charge >= 0.3 is 5.97 Å². The van der Waals surface area contributed by atoms with Crippen molar-refractivity contribution in [3.8, 4) is 0 Å². The molecule has 0 aliphatic heterocycles. The van der Waals surface area contributed by atoms with E-state index in [1.807, 2.05) is 39.8 Å². The van der Waals surface area contributed by atoms with Crippen LogP contribution in [0.15, 0.2) is 18.2 Å². The van der Waals surface area contributed by atoms with E-state index in [2.05, 4.69) is 0 Å². The minimum atomic E-state index is -0.829. The summed E-state index contributed by atoms with van der Waals surface area (Å²) in [7, 11) is 0. The third-order valence-corrected chi connectivity index (χ3v) is 2.78. The Balaban J connectivity index is 3.33. The normalized spacial score (nSPS) is 13.5. The number of hydrogen-bond acceptors (Lipinski definition) is 2. The van der Waals surface area contributed by atoms with Gasteiger partial charge in [-0.15, -0.1) is 0 Å². The van der Waals surface area contributed by atoms with Crippen molar-refractivity contribution in [2.75, 3.05) is 5.73 Å². The van der Waals surface area contributed by atoms with Crippen molar-refractivity contribution in [2.45, 2.75) is 33.6 Å². The van der Waals surface area contributed by atoms with Gasteiger partial charge in [-0.2, -0.15) is 0 Å². The molecule has 0 saturated carbocycles. The average molecular weight is 221 g/mol. The van der Waals surface area contributed by atoms with Crippen molar-refractivity contribution in [2.24, 2.45) is 5.41 Å². The molecule has 16 heavy (non-hydrogen) atoms. The zero-order valence-corrected chi connectivity index (χ0v) is 10.2. The van der Waals surface area contributed by atoms with Gasteiger partial charge < -0.3 is 10.8 Å². The van der Waals surface area contributed by atoms with Gasteiger partial charge in [-0.05, 0) is 23.5 Å². The molecule has 0 aliphatic carbocycles. The van der Waals surface area contributed by atoms with Crippen molar-refractivity contribution in [3.05, 3.63) is 29.3 Å². The number of rotatable bonds is 2. The number of aliphatic carboxylic acids is 1. The van der Waals surface area contributed by atoms with E-state index >= 15 is 0 Å². The number of carbonyl (C=O) groups is 1. The lowest BCUT2D eigenvalue weighted by molar-refractivity contribution is -0.141. The Kier molecular flexibility index (Phi) is 3.27. The first-order valence-corrected chi connectivity index (χ1v) is 5.33. The molecule has 1 unspecified atom stereocenters. The standard InChI is InChI=1S/C13H19NO2/c1-8-6-5-7-9(11(8)14)10(12(15)16)13(2,3)4/h5-7,10H,14H2,1-4H3,(H,15,16). The summed E-state index contributed by atoms with van der Waals surface area (Å²) in [6, 6.07) is 5.54. The largest absolute Gasteiger partial charge is 0.481 e. The molecule has 0 heterocycles. The molecule has 3 N–H and O–H groups in total. The van der Waals surface area contributed by atoms with Gasteiger partial charge in [-0.3, -0.25) is 4.79 Å². The summed E-state index contributed by atoms with van der Waals surface area (Å²) < 4.78 is 0. The summed E-state index contributed by atoms with van der Waals surface area (Å²) in [4.78, 5) is 11.4. The fraction of sp³-hybridized carbons (Fsp3) is 0.462. The molecule has 3 heteroatoms. The second-order valence-corrected chi connectivity index (χ2v) is 5.22. The van der Waals surface area contributed by atoms with Gasteiger partial charge in [0.25, 0.3) is 0 Å². The van der Waals surface area contributed by atoms with E-state index in [1.54, 1.807) is 6.07 Å². The van der Waals surface area contributed by atoms with Crippen LogP contribution < -0.4 is 5.73 Å². The van der Waals surface area contributed by atoms with Crippen LogP contribution in [0, 0.1) is 12.3 Å². The first kappa shape index (κ1) is 12.6. The number of nitrogen functional groups attached to an aromatic ring is 1. The van der Waals surface area contributed by atoms with Crippen LogP contribution >= 0.6 is 0 Å². The van der Waals surface area contributed by atoms with Crippen LogP contribution in [0.25, 0.3) is 0 Å². The second-order valence-electron chi connectivity index (χ2n) is 5.22. The zero-order valence-electron chi connectivity index (χ0n) is 10.2. The van der Waals surface area contributed by atoms with Crippen molar-refractivity contribution < 1.29 is 9.90 Å². The zero-order chi connectivity index (χ0) is 12.5. The summed E-state index contributed by atoms with van der Waals surface area (Å²) >= 11 is 0. The number of nitrogens with two attached hydrogens (primary N) is 1. The van der Waals surface area contributed by atoms with Gasteiger partial charge in [0.15, 0.2) is 0 Å². The minimum absolute atomic E-state index is 0.353. The molecule has 0 aromatic heterocycles. The van der Waals surface area contributed by atoms with E-state index < -0.39 is 11.9 Å². The topological polar surface area (TPSA) is 63.3 Å². The van der Waals surface area contributed by atoms with E-state index in [1.165, 1.54) is 0 Å². The third kappa shape index (κ3) is 2.35. The van der Waals surface area contributed by atoms with Crippen LogP contribution in [-0.4, -0.2) is 11.1 Å². The van der Waals surface area contributed by atoms with Crippen molar-refractivity contribution in [1.82, 2.24) is 0 Å². The summed E-state index contributed by atoms with van der Waals surface area (Å²) in [5.41, 5.74) is 7.82. The average Bonchev–Trinajstić information content (AvgIpc) is 2.09. The maximum atomic E-state index is 11.4. The van der Waals surface area contributed by atoms with Crippen LogP contribution in [0.4, 0.5) is 5.69 Å². The summed E-state index contributed by atoms with van der Waals surface area (Å²) in [6.45, 7) is 7.62. The number of carboxylic acids is 1. The fourth-order valence-corrected chi connectivity index (χ4v) is 1.93. The Morgan fingerprint density at radius 3 is 2.38 bits per heavy atom. The number of aryl methyl sites for hydroxylation is 1. The highest BCUT2D eigenvalue weighted by molar-refractivity contribution is 5.80. The number of carboxylic acid groups (broad SMARTS) is 1. The smallest absolute Gasteiger partial charge is 0.311 e. The van der Waals surface area contributed by atoms with Crippen molar-refractivity contribution in [1.29, 1.82) is 0 Å². The second kappa shape index (κ2) is 4.16. The molecule has 88 valence electrons. The Bertz CT molecular complexity index is 405. The molecule has 1 rings (SSSR count). The number of hydrogen-bond donors (Lipinski definition) is 2. The minimum Gasteiger partial charge on any atom is -0.481 e. The van der Waals surface area contributed by atoms with Gasteiger partial charge in [-0.1, -0.05) is 39.0 Å². The number of para-hydroxylation sites is 1. The Morgan fingerprint density at radius 1 is 1.38 bits per heavy atom. The predicted molar refractivity (Wildman–Crippen MR) is 65.4 cm³/mol. The first-order chi connectivity index (χ1) is 7.25. The highest BCUT2D eigenvalue weighted by atomic mass is 16.4. The molecule has 0 aliphatic rings. The number of anilines is 1. The van der Waals surface area contributed by atoms with E-state index in [4.69, 9.17) is 5.73 Å². The lowest BCUT2D eigenvalue weighted by Gasteiger charge is -2.28. The quantitative estimate of drug-likeness (QED) is 0.755. The molecular formula is C13H19NO2. The molecule has 0 radical (unpaired) electrons. The molecule has 0 spiro atoms. The molecule has 0 fully saturated rings. The van der Waals surface area contributed by atoms with Crippen molar-refractivity contribution >= 4 is 11.7 Å². The molecule has 1 aromatic rings. The monoisotopic (exact) mass is 221 g/mol. The van der Waals surface area contributed by atoms with Gasteiger partial charge in [0.05, 0.1) is 5.92 Å². The van der Waals surface area contributed by atoms with E-state index in [0.29, 0.717) is 11.3 Å². The van der Waals surface area contributed by atoms with Gasteiger partial charge in [0.2, 0.25) is 0 Å². The van der Waals surface area contributed by atoms with Crippen LogP contribution in [0.1, 0.15) is 37.8 Å². The Hall–Kier alpha value is -1.51. The van der Waals surface area contributed by atoms with Crippen LogP contribution in [0.5, 0.6) is 0 Å².